The van der Waals surface area contributed by atoms with E-state index in [9.17, 15) is 4.79 Å². The fraction of sp³-hybridized carbons (Fsp3) is 0.167. The van der Waals surface area contributed by atoms with Crippen LogP contribution in [-0.2, 0) is 6.54 Å². The third-order valence-electron chi connectivity index (χ3n) is 2.39. The first-order valence-corrected chi connectivity index (χ1v) is 6.18. The van der Waals surface area contributed by atoms with Crippen LogP contribution in [-0.4, -0.2) is 18.0 Å². The molecule has 0 unspecified atom stereocenters. The molecule has 0 bridgehead atoms. The van der Waals surface area contributed by atoms with Crippen molar-refractivity contribution in [3.8, 4) is 5.75 Å². The minimum absolute atomic E-state index is 0.217. The van der Waals surface area contributed by atoms with Crippen molar-refractivity contribution in [1.82, 2.24) is 10.3 Å². The van der Waals surface area contributed by atoms with Crippen LogP contribution in [0.15, 0.2) is 29.8 Å². The molecule has 2 aromatic rings. The third-order valence-corrected chi connectivity index (χ3v) is 3.17. The van der Waals surface area contributed by atoms with Crippen LogP contribution in [0, 0.1) is 0 Å². The predicted molar refractivity (Wildman–Crippen MR) is 70.7 cm³/mol. The van der Waals surface area contributed by atoms with Gasteiger partial charge in [0, 0.05) is 23.3 Å². The van der Waals surface area contributed by atoms with E-state index >= 15 is 0 Å². The predicted octanol–water partition coefficient (Wildman–Crippen LogP) is 1.66. The van der Waals surface area contributed by atoms with Gasteiger partial charge in [0.25, 0.3) is 5.91 Å². The molecule has 0 aliphatic heterocycles. The fourth-order valence-corrected chi connectivity index (χ4v) is 2.02. The van der Waals surface area contributed by atoms with Crippen molar-refractivity contribution in [2.45, 2.75) is 6.54 Å². The number of hydrogen-bond donors (Lipinski definition) is 2. The van der Waals surface area contributed by atoms with E-state index in [0.29, 0.717) is 23.5 Å². The van der Waals surface area contributed by atoms with Crippen LogP contribution in [0.2, 0.25) is 0 Å². The Morgan fingerprint density at radius 1 is 1.56 bits per heavy atom. The Labute approximate surface area is 109 Å². The van der Waals surface area contributed by atoms with Crippen molar-refractivity contribution in [2.24, 2.45) is 0 Å². The Morgan fingerprint density at radius 2 is 2.39 bits per heavy atom. The number of hydrogen-bond acceptors (Lipinski definition) is 5. The smallest absolute Gasteiger partial charge is 0.253 e. The summed E-state index contributed by atoms with van der Waals surface area (Å²) in [6.45, 7) is 0.405. The van der Waals surface area contributed by atoms with Crippen molar-refractivity contribution >= 4 is 22.9 Å². The maximum Gasteiger partial charge on any atom is 0.253 e. The molecule has 18 heavy (non-hydrogen) atoms. The number of methoxy groups -OCH3 is 1. The Balaban J connectivity index is 2.04. The molecule has 6 heteroatoms. The topological polar surface area (TPSA) is 77.2 Å². The quantitative estimate of drug-likeness (QED) is 0.822. The molecular formula is C12H13N3O2S. The van der Waals surface area contributed by atoms with Crippen LogP contribution in [0.4, 0.5) is 5.69 Å². The van der Waals surface area contributed by atoms with Crippen molar-refractivity contribution in [3.63, 3.8) is 0 Å². The molecule has 5 nitrogen and oxygen atoms in total. The molecule has 0 saturated carbocycles. The zero-order valence-electron chi connectivity index (χ0n) is 9.84. The van der Waals surface area contributed by atoms with Gasteiger partial charge in [0.05, 0.1) is 19.2 Å². The zero-order chi connectivity index (χ0) is 13.0. The summed E-state index contributed by atoms with van der Waals surface area (Å²) in [7, 11) is 1.55. The average molecular weight is 263 g/mol. The van der Waals surface area contributed by atoms with Gasteiger partial charge in [-0.3, -0.25) is 4.79 Å². The normalized spacial score (nSPS) is 10.1. The van der Waals surface area contributed by atoms with Crippen LogP contribution >= 0.6 is 11.3 Å². The van der Waals surface area contributed by atoms with Gasteiger partial charge >= 0.3 is 0 Å². The molecule has 3 N–H and O–H groups in total. The molecule has 0 saturated heterocycles. The zero-order valence-corrected chi connectivity index (χ0v) is 10.7. The first-order chi connectivity index (χ1) is 8.70. The van der Waals surface area contributed by atoms with E-state index in [1.807, 2.05) is 5.38 Å². The summed E-state index contributed by atoms with van der Waals surface area (Å²) < 4.78 is 5.03. The second kappa shape index (κ2) is 5.50. The SMILES string of the molecule is COc1ccc(C(=O)NCc2nccs2)c(N)c1. The highest BCUT2D eigenvalue weighted by Gasteiger charge is 2.10. The maximum absolute atomic E-state index is 11.9. The first-order valence-electron chi connectivity index (χ1n) is 5.31. The number of nitrogen functional groups attached to an aromatic ring is 1. The van der Waals surface area contributed by atoms with E-state index < -0.39 is 0 Å². The van der Waals surface area contributed by atoms with E-state index in [2.05, 4.69) is 10.3 Å². The Kier molecular flexibility index (Phi) is 3.78. The molecule has 1 heterocycles. The largest absolute Gasteiger partial charge is 0.497 e. The Hall–Kier alpha value is -2.08. The van der Waals surface area contributed by atoms with E-state index in [4.69, 9.17) is 10.5 Å². The average Bonchev–Trinajstić information content (AvgIpc) is 2.88. The Morgan fingerprint density at radius 3 is 3.00 bits per heavy atom. The second-order valence-electron chi connectivity index (χ2n) is 3.56. The number of benzene rings is 1. The first kappa shape index (κ1) is 12.4. The number of anilines is 1. The van der Waals surface area contributed by atoms with Gasteiger partial charge in [-0.25, -0.2) is 4.98 Å². The van der Waals surface area contributed by atoms with Crippen molar-refractivity contribution in [3.05, 3.63) is 40.3 Å². The molecule has 0 atom stereocenters. The van der Waals surface area contributed by atoms with Gasteiger partial charge in [-0.2, -0.15) is 0 Å². The molecule has 94 valence electrons. The molecule has 0 radical (unpaired) electrons. The molecule has 1 amide bonds. The van der Waals surface area contributed by atoms with E-state index in [1.165, 1.54) is 11.3 Å². The Bertz CT molecular complexity index is 540. The van der Waals surface area contributed by atoms with E-state index in [1.54, 1.807) is 31.5 Å². The van der Waals surface area contributed by atoms with Gasteiger partial charge in [0.1, 0.15) is 10.8 Å². The highest BCUT2D eigenvalue weighted by molar-refractivity contribution is 7.09. The number of carbonyl (C=O) groups excluding carboxylic acids is 1. The summed E-state index contributed by atoms with van der Waals surface area (Å²) in [6, 6.07) is 4.97. The van der Waals surface area contributed by atoms with Crippen molar-refractivity contribution in [1.29, 1.82) is 0 Å². The van der Waals surface area contributed by atoms with Crippen LogP contribution < -0.4 is 15.8 Å². The highest BCUT2D eigenvalue weighted by atomic mass is 32.1. The van der Waals surface area contributed by atoms with Gasteiger partial charge < -0.3 is 15.8 Å². The highest BCUT2D eigenvalue weighted by Crippen LogP contribution is 2.19. The second-order valence-corrected chi connectivity index (χ2v) is 4.54. The lowest BCUT2D eigenvalue weighted by molar-refractivity contribution is 0.0952. The van der Waals surface area contributed by atoms with Gasteiger partial charge in [0.2, 0.25) is 0 Å². The molecule has 1 aromatic heterocycles. The summed E-state index contributed by atoms with van der Waals surface area (Å²) in [5.41, 5.74) is 6.62. The molecule has 0 aliphatic carbocycles. The van der Waals surface area contributed by atoms with Gasteiger partial charge in [-0.1, -0.05) is 0 Å². The summed E-state index contributed by atoms with van der Waals surface area (Å²) in [5.74, 6) is 0.411. The number of thiazole rings is 1. The number of aromatic nitrogens is 1. The summed E-state index contributed by atoms with van der Waals surface area (Å²) in [5, 5.41) is 5.49. The lowest BCUT2D eigenvalue weighted by atomic mass is 10.1. The number of rotatable bonds is 4. The van der Waals surface area contributed by atoms with Crippen LogP contribution in [0.1, 0.15) is 15.4 Å². The van der Waals surface area contributed by atoms with E-state index in [0.717, 1.165) is 5.01 Å². The van der Waals surface area contributed by atoms with Gasteiger partial charge in [-0.15, -0.1) is 11.3 Å². The number of amides is 1. The minimum Gasteiger partial charge on any atom is -0.497 e. The molecule has 0 spiro atoms. The molecular weight excluding hydrogens is 250 g/mol. The van der Waals surface area contributed by atoms with Crippen molar-refractivity contribution < 1.29 is 9.53 Å². The molecule has 2 rings (SSSR count). The van der Waals surface area contributed by atoms with Crippen LogP contribution in [0.5, 0.6) is 5.75 Å². The third kappa shape index (κ3) is 2.78. The minimum atomic E-state index is -0.217. The summed E-state index contributed by atoms with van der Waals surface area (Å²) in [4.78, 5) is 16.0. The molecule has 0 fully saturated rings. The lowest BCUT2D eigenvalue weighted by Crippen LogP contribution is -2.23. The number of nitrogens with two attached hydrogens (primary N) is 1. The number of nitrogens with one attached hydrogen (secondary N) is 1. The number of carbonyl (C=O) groups is 1. The van der Waals surface area contributed by atoms with Crippen molar-refractivity contribution in [2.75, 3.05) is 12.8 Å². The monoisotopic (exact) mass is 263 g/mol. The van der Waals surface area contributed by atoms with Crippen LogP contribution in [0.25, 0.3) is 0 Å². The molecule has 1 aromatic carbocycles. The van der Waals surface area contributed by atoms with Gasteiger partial charge in [-0.05, 0) is 12.1 Å². The van der Waals surface area contributed by atoms with E-state index in [-0.39, 0.29) is 5.91 Å². The molecule has 0 aliphatic rings. The number of ether oxygens (including phenoxy) is 1. The number of nitrogens with zero attached hydrogens (tertiary/aromatic N) is 1. The summed E-state index contributed by atoms with van der Waals surface area (Å²) >= 11 is 1.49. The lowest BCUT2D eigenvalue weighted by Gasteiger charge is -2.07. The fourth-order valence-electron chi connectivity index (χ4n) is 1.47. The van der Waals surface area contributed by atoms with Crippen LogP contribution in [0.3, 0.4) is 0 Å². The van der Waals surface area contributed by atoms with Gasteiger partial charge in [0.15, 0.2) is 0 Å². The standard InChI is InChI=1S/C12H13N3O2S/c1-17-8-2-3-9(10(13)6-8)12(16)15-7-11-14-4-5-18-11/h2-6H,7,13H2,1H3,(H,15,16). The maximum atomic E-state index is 11.9. The summed E-state index contributed by atoms with van der Waals surface area (Å²) in [6.07, 6.45) is 1.70.